The van der Waals surface area contributed by atoms with Gasteiger partial charge in [0.05, 0.1) is 47.8 Å². The Balaban J connectivity index is 1.42. The lowest BCUT2D eigenvalue weighted by molar-refractivity contribution is -0.139. The fourth-order valence-corrected chi connectivity index (χ4v) is 5.71. The second-order valence-corrected chi connectivity index (χ2v) is 10.6. The predicted molar refractivity (Wildman–Crippen MR) is 161 cm³/mol. The molecule has 1 atom stereocenters. The van der Waals surface area contributed by atoms with Crippen LogP contribution in [-0.2, 0) is 16.1 Å². The zero-order valence-electron chi connectivity index (χ0n) is 23.2. The quantitative estimate of drug-likeness (QED) is 0.165. The van der Waals surface area contributed by atoms with E-state index >= 15 is 0 Å². The normalized spacial score (nSPS) is 14.1. The van der Waals surface area contributed by atoms with Gasteiger partial charge >= 0.3 is 5.97 Å². The van der Waals surface area contributed by atoms with Crippen LogP contribution >= 0.6 is 23.2 Å². The number of nitrogens with one attached hydrogen (secondary N) is 2. The Morgan fingerprint density at radius 1 is 1.07 bits per heavy atom. The molecule has 9 nitrogen and oxygen atoms in total. The molecule has 1 aliphatic rings. The SMILES string of the molecule is COC(=O)CN[C@@H]1CCCn2nc(C(=O)Nc3cccc(-c4cccc(-c5cc(F)c(C=O)c(OC)c5)c4Cl)c3Cl)cc21. The Morgan fingerprint density at radius 2 is 1.79 bits per heavy atom. The van der Waals surface area contributed by atoms with Gasteiger partial charge in [0, 0.05) is 29.3 Å². The smallest absolute Gasteiger partial charge is 0.319 e. The van der Waals surface area contributed by atoms with Crippen LogP contribution in [0.4, 0.5) is 10.1 Å². The van der Waals surface area contributed by atoms with Crippen molar-refractivity contribution in [3.63, 3.8) is 0 Å². The van der Waals surface area contributed by atoms with Gasteiger partial charge < -0.3 is 14.8 Å². The van der Waals surface area contributed by atoms with Crippen molar-refractivity contribution < 1.29 is 28.2 Å². The van der Waals surface area contributed by atoms with Crippen molar-refractivity contribution in [2.24, 2.45) is 0 Å². The third kappa shape index (κ3) is 6.13. The number of nitrogens with zero attached hydrogens (tertiary/aromatic N) is 2. The van der Waals surface area contributed by atoms with Crippen molar-refractivity contribution in [1.29, 1.82) is 0 Å². The van der Waals surface area contributed by atoms with E-state index in [1.54, 1.807) is 47.1 Å². The minimum atomic E-state index is -0.736. The molecule has 222 valence electrons. The summed E-state index contributed by atoms with van der Waals surface area (Å²) in [5.41, 5.74) is 3.18. The minimum absolute atomic E-state index is 0.0482. The van der Waals surface area contributed by atoms with Gasteiger partial charge in [-0.25, -0.2) is 4.39 Å². The van der Waals surface area contributed by atoms with Gasteiger partial charge in [-0.2, -0.15) is 5.10 Å². The zero-order valence-corrected chi connectivity index (χ0v) is 24.8. The average Bonchev–Trinajstić information content (AvgIpc) is 3.46. The van der Waals surface area contributed by atoms with E-state index in [1.807, 2.05) is 0 Å². The molecule has 0 saturated carbocycles. The molecule has 3 aromatic carbocycles. The Hall–Kier alpha value is -4.25. The first-order valence-electron chi connectivity index (χ1n) is 13.4. The van der Waals surface area contributed by atoms with E-state index in [1.165, 1.54) is 26.4 Å². The lowest BCUT2D eigenvalue weighted by atomic mass is 9.97. The molecule has 2 heterocycles. The molecule has 0 spiro atoms. The molecule has 1 aromatic heterocycles. The Kier molecular flexibility index (Phi) is 9.10. The lowest BCUT2D eigenvalue weighted by Crippen LogP contribution is -2.32. The third-order valence-electron chi connectivity index (χ3n) is 7.26. The molecule has 4 aromatic rings. The van der Waals surface area contributed by atoms with Gasteiger partial charge in [0.25, 0.3) is 5.91 Å². The molecule has 43 heavy (non-hydrogen) atoms. The van der Waals surface area contributed by atoms with Crippen LogP contribution < -0.4 is 15.4 Å². The standard InChI is InChI=1S/C31H27Cl2FN4O5/c1-42-27-13-17(12-22(34)21(27)16-39)18-6-3-7-19(29(18)32)20-8-4-9-24(30(20)33)36-31(41)25-14-26-23(35-15-28(40)43-2)10-5-11-38(26)37-25/h3-4,6-9,12-14,16,23,35H,5,10-11,15H2,1-2H3,(H,36,41)/t23-/m1/s1. The number of aryl methyl sites for hydroxylation is 1. The molecule has 1 aliphatic heterocycles. The van der Waals surface area contributed by atoms with Gasteiger partial charge in [-0.05, 0) is 42.7 Å². The Bertz CT molecular complexity index is 1720. The Morgan fingerprint density at radius 3 is 2.51 bits per heavy atom. The van der Waals surface area contributed by atoms with Crippen LogP contribution in [0, 0.1) is 5.82 Å². The highest BCUT2D eigenvalue weighted by Gasteiger charge is 2.26. The highest BCUT2D eigenvalue weighted by atomic mass is 35.5. The van der Waals surface area contributed by atoms with Crippen LogP contribution in [0.3, 0.4) is 0 Å². The second-order valence-electron chi connectivity index (χ2n) is 9.81. The van der Waals surface area contributed by atoms with E-state index in [2.05, 4.69) is 15.7 Å². The van der Waals surface area contributed by atoms with Crippen LogP contribution in [-0.4, -0.2) is 48.7 Å². The maximum absolute atomic E-state index is 14.7. The number of esters is 1. The average molecular weight is 625 g/mol. The van der Waals surface area contributed by atoms with Crippen LogP contribution in [0.1, 0.15) is 45.4 Å². The number of fused-ring (bicyclic) bond motifs is 1. The number of amides is 1. The van der Waals surface area contributed by atoms with Crippen molar-refractivity contribution >= 4 is 47.1 Å². The number of carbonyl (C=O) groups is 3. The summed E-state index contributed by atoms with van der Waals surface area (Å²) in [6.45, 7) is 0.699. The summed E-state index contributed by atoms with van der Waals surface area (Å²) >= 11 is 13.6. The van der Waals surface area contributed by atoms with E-state index < -0.39 is 11.7 Å². The van der Waals surface area contributed by atoms with Gasteiger partial charge in [-0.15, -0.1) is 0 Å². The number of carbonyl (C=O) groups excluding carboxylic acids is 3. The molecule has 2 N–H and O–H groups in total. The number of benzene rings is 3. The van der Waals surface area contributed by atoms with Crippen molar-refractivity contribution in [3.8, 4) is 28.0 Å². The molecule has 0 bridgehead atoms. The summed E-state index contributed by atoms with van der Waals surface area (Å²) in [6, 6.07) is 14.7. The maximum Gasteiger partial charge on any atom is 0.319 e. The summed E-state index contributed by atoms with van der Waals surface area (Å²) < 4.78 is 26.3. The van der Waals surface area contributed by atoms with Gasteiger partial charge in [0.1, 0.15) is 11.6 Å². The first-order chi connectivity index (χ1) is 20.7. The van der Waals surface area contributed by atoms with Crippen molar-refractivity contribution in [1.82, 2.24) is 15.1 Å². The molecule has 1 amide bonds. The fraction of sp³-hybridized carbons (Fsp3) is 0.226. The van der Waals surface area contributed by atoms with E-state index in [-0.39, 0.29) is 40.6 Å². The molecule has 0 fully saturated rings. The number of hydrogen-bond acceptors (Lipinski definition) is 7. The number of aromatic nitrogens is 2. The van der Waals surface area contributed by atoms with Crippen LogP contribution in [0.15, 0.2) is 54.6 Å². The van der Waals surface area contributed by atoms with Crippen molar-refractivity contribution in [2.45, 2.75) is 25.4 Å². The Labute approximate surface area is 256 Å². The summed E-state index contributed by atoms with van der Waals surface area (Å²) in [5.74, 6) is -1.48. The third-order valence-corrected chi connectivity index (χ3v) is 8.07. The summed E-state index contributed by atoms with van der Waals surface area (Å²) in [7, 11) is 2.68. The van der Waals surface area contributed by atoms with Gasteiger partial charge in [0.2, 0.25) is 0 Å². The van der Waals surface area contributed by atoms with E-state index in [4.69, 9.17) is 32.7 Å². The monoisotopic (exact) mass is 624 g/mol. The second kappa shape index (κ2) is 12.9. The van der Waals surface area contributed by atoms with Crippen LogP contribution in [0.25, 0.3) is 22.3 Å². The molecule has 0 saturated heterocycles. The lowest BCUT2D eigenvalue weighted by Gasteiger charge is -2.24. The molecular weight excluding hydrogens is 598 g/mol. The first kappa shape index (κ1) is 30.2. The summed E-state index contributed by atoms with van der Waals surface area (Å²) in [4.78, 5) is 36.2. The number of ether oxygens (including phenoxy) is 2. The number of hydrogen-bond donors (Lipinski definition) is 2. The number of anilines is 1. The number of methoxy groups -OCH3 is 2. The molecular formula is C31H27Cl2FN4O5. The summed E-state index contributed by atoms with van der Waals surface area (Å²) in [5, 5.41) is 11.0. The zero-order chi connectivity index (χ0) is 30.7. The van der Waals surface area contributed by atoms with Gasteiger partial charge in [0.15, 0.2) is 12.0 Å². The van der Waals surface area contributed by atoms with Gasteiger partial charge in [-0.3, -0.25) is 24.4 Å². The molecule has 12 heteroatoms. The largest absolute Gasteiger partial charge is 0.496 e. The fourth-order valence-electron chi connectivity index (χ4n) is 5.10. The number of rotatable bonds is 9. The van der Waals surface area contributed by atoms with E-state index in [9.17, 15) is 18.8 Å². The topological polar surface area (TPSA) is 112 Å². The molecule has 0 unspecified atom stereocenters. The van der Waals surface area contributed by atoms with Crippen LogP contribution in [0.2, 0.25) is 10.0 Å². The molecule has 5 rings (SSSR count). The maximum atomic E-state index is 14.7. The number of halogens is 3. The first-order valence-corrected chi connectivity index (χ1v) is 14.1. The van der Waals surface area contributed by atoms with Crippen molar-refractivity contribution in [3.05, 3.63) is 87.4 Å². The highest BCUT2D eigenvalue weighted by molar-refractivity contribution is 6.39. The minimum Gasteiger partial charge on any atom is -0.496 e. The van der Waals surface area contributed by atoms with Crippen LogP contribution in [0.5, 0.6) is 5.75 Å². The molecule has 0 radical (unpaired) electrons. The number of aldehydes is 1. The van der Waals surface area contributed by atoms with E-state index in [0.29, 0.717) is 45.8 Å². The molecule has 0 aliphatic carbocycles. The van der Waals surface area contributed by atoms with Gasteiger partial charge in [-0.1, -0.05) is 53.5 Å². The predicted octanol–water partition coefficient (Wildman–Crippen LogP) is 6.33. The summed E-state index contributed by atoms with van der Waals surface area (Å²) in [6.07, 6.45) is 2.02. The van der Waals surface area contributed by atoms with E-state index in [0.717, 1.165) is 18.5 Å². The van der Waals surface area contributed by atoms with Crippen molar-refractivity contribution in [2.75, 3.05) is 26.1 Å². The highest BCUT2D eigenvalue weighted by Crippen LogP contribution is 2.42.